The van der Waals surface area contributed by atoms with Gasteiger partial charge in [0, 0.05) is 31.0 Å². The van der Waals surface area contributed by atoms with Gasteiger partial charge in [0.05, 0.1) is 12.0 Å². The zero-order valence-corrected chi connectivity index (χ0v) is 13.1. The van der Waals surface area contributed by atoms with Gasteiger partial charge in [-0.1, -0.05) is 5.16 Å². The zero-order chi connectivity index (χ0) is 16.4. The van der Waals surface area contributed by atoms with Gasteiger partial charge in [0.1, 0.15) is 5.76 Å². The van der Waals surface area contributed by atoms with Crippen molar-refractivity contribution in [2.24, 2.45) is 0 Å². The van der Waals surface area contributed by atoms with E-state index in [0.717, 1.165) is 11.4 Å². The lowest BCUT2D eigenvalue weighted by Gasteiger charge is -2.16. The van der Waals surface area contributed by atoms with E-state index < -0.39 is 5.97 Å². The van der Waals surface area contributed by atoms with Crippen LogP contribution in [0.1, 0.15) is 33.9 Å². The number of rotatable bonds is 5. The van der Waals surface area contributed by atoms with Gasteiger partial charge >= 0.3 is 5.97 Å². The standard InChI is InChI=1S/C15H19N3O4/c1-9-7-12(15(21)17(4)6-5-14(19)20)11(3)18(9)13-8-10(2)22-16-13/h7-8H,5-6H2,1-4H3,(H,19,20). The quantitative estimate of drug-likeness (QED) is 0.912. The fourth-order valence-corrected chi connectivity index (χ4v) is 2.36. The van der Waals surface area contributed by atoms with Gasteiger partial charge in [0.25, 0.3) is 5.91 Å². The molecule has 7 heteroatoms. The van der Waals surface area contributed by atoms with Crippen LogP contribution in [0.2, 0.25) is 0 Å². The Balaban J connectivity index is 2.29. The Bertz CT molecular complexity index is 714. The van der Waals surface area contributed by atoms with Crippen molar-refractivity contribution in [3.63, 3.8) is 0 Å². The highest BCUT2D eigenvalue weighted by atomic mass is 16.5. The number of carboxylic acid groups (broad SMARTS) is 1. The van der Waals surface area contributed by atoms with E-state index in [1.807, 2.05) is 18.4 Å². The van der Waals surface area contributed by atoms with Crippen molar-refractivity contribution in [3.05, 3.63) is 34.8 Å². The first-order valence-corrected chi connectivity index (χ1v) is 6.91. The maximum Gasteiger partial charge on any atom is 0.305 e. The second kappa shape index (κ2) is 6.05. The van der Waals surface area contributed by atoms with Crippen molar-refractivity contribution in [3.8, 4) is 5.82 Å². The molecule has 0 fully saturated rings. The SMILES string of the molecule is Cc1cc(-n2c(C)cc(C(=O)N(C)CCC(=O)O)c2C)no1. The molecule has 1 N–H and O–H groups in total. The van der Waals surface area contributed by atoms with Crippen LogP contribution >= 0.6 is 0 Å². The average molecular weight is 305 g/mol. The largest absolute Gasteiger partial charge is 0.481 e. The molecule has 0 unspecified atom stereocenters. The first-order chi connectivity index (χ1) is 10.3. The van der Waals surface area contributed by atoms with Crippen LogP contribution < -0.4 is 0 Å². The first kappa shape index (κ1) is 15.8. The predicted molar refractivity (Wildman–Crippen MR) is 79.3 cm³/mol. The summed E-state index contributed by atoms with van der Waals surface area (Å²) in [5.74, 6) is 0.178. The lowest BCUT2D eigenvalue weighted by Crippen LogP contribution is -2.29. The molecule has 0 aliphatic heterocycles. The molecule has 0 aliphatic carbocycles. The molecular weight excluding hydrogens is 286 g/mol. The van der Waals surface area contributed by atoms with E-state index >= 15 is 0 Å². The molecule has 2 aromatic heterocycles. The van der Waals surface area contributed by atoms with Crippen LogP contribution in [-0.4, -0.2) is 45.2 Å². The number of hydrogen-bond acceptors (Lipinski definition) is 4. The summed E-state index contributed by atoms with van der Waals surface area (Å²) in [4.78, 5) is 24.5. The summed E-state index contributed by atoms with van der Waals surface area (Å²) in [6, 6.07) is 3.57. The smallest absolute Gasteiger partial charge is 0.305 e. The minimum absolute atomic E-state index is 0.0799. The van der Waals surface area contributed by atoms with Crippen LogP contribution in [-0.2, 0) is 4.79 Å². The molecule has 0 saturated heterocycles. The Morgan fingerprint density at radius 3 is 2.55 bits per heavy atom. The summed E-state index contributed by atoms with van der Waals surface area (Å²) < 4.78 is 6.92. The maximum absolute atomic E-state index is 12.5. The average Bonchev–Trinajstić information content (AvgIpc) is 2.98. The highest BCUT2D eigenvalue weighted by molar-refractivity contribution is 5.96. The topological polar surface area (TPSA) is 88.6 Å². The lowest BCUT2D eigenvalue weighted by atomic mass is 10.2. The predicted octanol–water partition coefficient (Wildman–Crippen LogP) is 1.94. The summed E-state index contributed by atoms with van der Waals surface area (Å²) in [6.07, 6.45) is -0.0799. The highest BCUT2D eigenvalue weighted by Gasteiger charge is 2.21. The molecule has 0 atom stereocenters. The van der Waals surface area contributed by atoms with Crippen LogP contribution in [0.5, 0.6) is 0 Å². The zero-order valence-electron chi connectivity index (χ0n) is 13.1. The number of aliphatic carboxylic acids is 1. The lowest BCUT2D eigenvalue weighted by molar-refractivity contribution is -0.137. The summed E-state index contributed by atoms with van der Waals surface area (Å²) in [7, 11) is 1.59. The second-order valence-electron chi connectivity index (χ2n) is 5.29. The van der Waals surface area contributed by atoms with Gasteiger partial charge < -0.3 is 14.5 Å². The molecule has 0 bridgehead atoms. The third-order valence-corrected chi connectivity index (χ3v) is 3.51. The Kier molecular flexibility index (Phi) is 4.35. The fraction of sp³-hybridized carbons (Fsp3) is 0.400. The molecule has 0 aromatic carbocycles. The van der Waals surface area contributed by atoms with Gasteiger partial charge in [-0.25, -0.2) is 0 Å². The number of carbonyl (C=O) groups is 2. The molecule has 0 spiro atoms. The van der Waals surface area contributed by atoms with E-state index in [0.29, 0.717) is 17.1 Å². The second-order valence-corrected chi connectivity index (χ2v) is 5.29. The molecule has 2 rings (SSSR count). The maximum atomic E-state index is 12.5. The Labute approximate surface area is 128 Å². The molecule has 2 heterocycles. The van der Waals surface area contributed by atoms with Crippen LogP contribution in [0, 0.1) is 20.8 Å². The van der Waals surface area contributed by atoms with E-state index in [9.17, 15) is 9.59 Å². The summed E-state index contributed by atoms with van der Waals surface area (Å²) in [5, 5.41) is 12.7. The van der Waals surface area contributed by atoms with Crippen LogP contribution in [0.15, 0.2) is 16.7 Å². The van der Waals surface area contributed by atoms with E-state index in [4.69, 9.17) is 9.63 Å². The fourth-order valence-electron chi connectivity index (χ4n) is 2.36. The normalized spacial score (nSPS) is 10.7. The molecule has 7 nitrogen and oxygen atoms in total. The van der Waals surface area contributed by atoms with Gasteiger partial charge in [-0.05, 0) is 26.8 Å². The van der Waals surface area contributed by atoms with Crippen molar-refractivity contribution < 1.29 is 19.2 Å². The van der Waals surface area contributed by atoms with Gasteiger partial charge in [-0.2, -0.15) is 0 Å². The first-order valence-electron chi connectivity index (χ1n) is 6.91. The van der Waals surface area contributed by atoms with Crippen molar-refractivity contribution >= 4 is 11.9 Å². The molecule has 0 radical (unpaired) electrons. The minimum atomic E-state index is -0.928. The molecular formula is C15H19N3O4. The third kappa shape index (κ3) is 3.03. The molecule has 1 amide bonds. The van der Waals surface area contributed by atoms with Gasteiger partial charge in [-0.15, -0.1) is 0 Å². The van der Waals surface area contributed by atoms with Gasteiger partial charge in [0.2, 0.25) is 0 Å². The number of amides is 1. The number of hydrogen-bond donors (Lipinski definition) is 1. The number of aryl methyl sites for hydroxylation is 2. The number of aromatic nitrogens is 2. The van der Waals surface area contributed by atoms with Gasteiger partial charge in [-0.3, -0.25) is 14.2 Å². The summed E-state index contributed by atoms with van der Waals surface area (Å²) in [5.41, 5.74) is 2.14. The third-order valence-electron chi connectivity index (χ3n) is 3.51. The Morgan fingerprint density at radius 2 is 2.00 bits per heavy atom. The minimum Gasteiger partial charge on any atom is -0.481 e. The van der Waals surface area contributed by atoms with Crippen LogP contribution in [0.4, 0.5) is 0 Å². The molecule has 22 heavy (non-hydrogen) atoms. The highest BCUT2D eigenvalue weighted by Crippen LogP contribution is 2.21. The van der Waals surface area contributed by atoms with E-state index in [-0.39, 0.29) is 18.9 Å². The number of nitrogens with zero attached hydrogens (tertiary/aromatic N) is 3. The number of carboxylic acids is 1. The van der Waals surface area contributed by atoms with Crippen LogP contribution in [0.3, 0.4) is 0 Å². The number of carbonyl (C=O) groups excluding carboxylic acids is 1. The molecule has 0 aliphatic rings. The van der Waals surface area contributed by atoms with E-state index in [2.05, 4.69) is 5.16 Å². The van der Waals surface area contributed by atoms with Gasteiger partial charge in [0.15, 0.2) is 5.82 Å². The van der Waals surface area contributed by atoms with E-state index in [1.54, 1.807) is 26.1 Å². The summed E-state index contributed by atoms with van der Waals surface area (Å²) >= 11 is 0. The van der Waals surface area contributed by atoms with Crippen molar-refractivity contribution in [1.82, 2.24) is 14.6 Å². The van der Waals surface area contributed by atoms with Crippen molar-refractivity contribution in [2.45, 2.75) is 27.2 Å². The van der Waals surface area contributed by atoms with Crippen molar-refractivity contribution in [1.29, 1.82) is 0 Å². The molecule has 2 aromatic rings. The molecule has 0 saturated carbocycles. The Morgan fingerprint density at radius 1 is 1.32 bits per heavy atom. The summed E-state index contributed by atoms with van der Waals surface area (Å²) in [6.45, 7) is 5.68. The van der Waals surface area contributed by atoms with E-state index in [1.165, 1.54) is 4.90 Å². The van der Waals surface area contributed by atoms with Crippen molar-refractivity contribution in [2.75, 3.05) is 13.6 Å². The monoisotopic (exact) mass is 305 g/mol. The van der Waals surface area contributed by atoms with Crippen LogP contribution in [0.25, 0.3) is 5.82 Å². The molecule has 118 valence electrons. The Hall–Kier alpha value is -2.57.